The molecule has 3 heterocycles. The quantitative estimate of drug-likeness (QED) is 0.904. The molecular weight excluding hydrogens is 280 g/mol. The molecule has 1 saturated heterocycles. The highest BCUT2D eigenvalue weighted by atomic mass is 16.3. The molecule has 1 fully saturated rings. The summed E-state index contributed by atoms with van der Waals surface area (Å²) < 4.78 is 0. The summed E-state index contributed by atoms with van der Waals surface area (Å²) in [6, 6.07) is 3.78. The van der Waals surface area contributed by atoms with Crippen LogP contribution in [0.2, 0.25) is 0 Å². The molecule has 1 aliphatic rings. The predicted molar refractivity (Wildman–Crippen MR) is 83.9 cm³/mol. The van der Waals surface area contributed by atoms with Crippen LogP contribution in [0.4, 0.5) is 11.8 Å². The lowest BCUT2D eigenvalue weighted by atomic mass is 10.3. The minimum atomic E-state index is -0.651. The zero-order chi connectivity index (χ0) is 15.5. The van der Waals surface area contributed by atoms with Gasteiger partial charge in [0.2, 0.25) is 5.95 Å². The Morgan fingerprint density at radius 2 is 1.68 bits per heavy atom. The third kappa shape index (κ3) is 3.14. The van der Waals surface area contributed by atoms with Gasteiger partial charge < -0.3 is 14.9 Å². The Balaban J connectivity index is 1.68. The summed E-state index contributed by atoms with van der Waals surface area (Å²) in [5.74, 6) is 2.10. The molecule has 7 heteroatoms. The predicted octanol–water partition coefficient (Wildman–Crippen LogP) is 0.955. The Morgan fingerprint density at radius 3 is 2.36 bits per heavy atom. The van der Waals surface area contributed by atoms with Crippen molar-refractivity contribution in [3.8, 4) is 0 Å². The van der Waals surface area contributed by atoms with Gasteiger partial charge in [0.15, 0.2) is 5.82 Å². The molecule has 0 unspecified atom stereocenters. The molecule has 0 radical (unpaired) electrons. The van der Waals surface area contributed by atoms with Crippen LogP contribution in [0.3, 0.4) is 0 Å². The number of hydrogen-bond acceptors (Lipinski definition) is 7. The Kier molecular flexibility index (Phi) is 4.15. The van der Waals surface area contributed by atoms with Crippen molar-refractivity contribution in [1.29, 1.82) is 0 Å². The lowest BCUT2D eigenvalue weighted by Crippen LogP contribution is -2.47. The fraction of sp³-hybridized carbons (Fsp3) is 0.467. The van der Waals surface area contributed by atoms with Gasteiger partial charge in [0.1, 0.15) is 11.9 Å². The molecule has 7 nitrogen and oxygen atoms in total. The first-order valence-electron chi connectivity index (χ1n) is 7.44. The second-order valence-corrected chi connectivity index (χ2v) is 5.42. The Morgan fingerprint density at radius 1 is 1.00 bits per heavy atom. The fourth-order valence-corrected chi connectivity index (χ4v) is 2.46. The zero-order valence-corrected chi connectivity index (χ0v) is 12.8. The molecule has 0 aliphatic carbocycles. The number of piperazine rings is 1. The average Bonchev–Trinajstić information content (AvgIpc) is 2.55. The van der Waals surface area contributed by atoms with Gasteiger partial charge in [0, 0.05) is 44.3 Å². The molecule has 1 atom stereocenters. The fourth-order valence-electron chi connectivity index (χ4n) is 2.46. The summed E-state index contributed by atoms with van der Waals surface area (Å²) in [5.41, 5.74) is 0.977. The van der Waals surface area contributed by atoms with Gasteiger partial charge in [0.05, 0.1) is 0 Å². The monoisotopic (exact) mass is 300 g/mol. The molecular formula is C15H20N6O. The van der Waals surface area contributed by atoms with Crippen LogP contribution in [-0.4, -0.2) is 51.2 Å². The number of rotatable bonds is 3. The van der Waals surface area contributed by atoms with E-state index in [-0.39, 0.29) is 0 Å². The van der Waals surface area contributed by atoms with Crippen molar-refractivity contribution in [2.45, 2.75) is 20.0 Å². The minimum absolute atomic E-state index is 0.460. The van der Waals surface area contributed by atoms with Crippen molar-refractivity contribution < 1.29 is 5.11 Å². The molecule has 3 rings (SSSR count). The van der Waals surface area contributed by atoms with Gasteiger partial charge >= 0.3 is 0 Å². The highest BCUT2D eigenvalue weighted by molar-refractivity contribution is 5.42. The maximum Gasteiger partial charge on any atom is 0.225 e. The SMILES string of the molecule is Cc1ccnc(N2CCN(c3ccnc([C@@H](C)O)n3)CC2)n1. The van der Waals surface area contributed by atoms with Crippen LogP contribution < -0.4 is 9.80 Å². The summed E-state index contributed by atoms with van der Waals surface area (Å²) in [5, 5.41) is 9.59. The number of aliphatic hydroxyl groups excluding tert-OH is 1. The summed E-state index contributed by atoms with van der Waals surface area (Å²) in [6.07, 6.45) is 2.84. The molecule has 0 saturated carbocycles. The van der Waals surface area contributed by atoms with E-state index in [1.54, 1.807) is 19.3 Å². The lowest BCUT2D eigenvalue weighted by Gasteiger charge is -2.35. The van der Waals surface area contributed by atoms with E-state index in [9.17, 15) is 5.11 Å². The highest BCUT2D eigenvalue weighted by Crippen LogP contribution is 2.17. The third-order valence-electron chi connectivity index (χ3n) is 3.70. The summed E-state index contributed by atoms with van der Waals surface area (Å²) in [4.78, 5) is 21.7. The van der Waals surface area contributed by atoms with E-state index in [4.69, 9.17) is 0 Å². The second kappa shape index (κ2) is 6.23. The third-order valence-corrected chi connectivity index (χ3v) is 3.70. The van der Waals surface area contributed by atoms with E-state index >= 15 is 0 Å². The maximum absolute atomic E-state index is 9.59. The summed E-state index contributed by atoms with van der Waals surface area (Å²) >= 11 is 0. The van der Waals surface area contributed by atoms with Crippen molar-refractivity contribution in [1.82, 2.24) is 19.9 Å². The standard InChI is InChI=1S/C15H20N6O/c1-11-3-5-17-15(18-11)21-9-7-20(8-10-21)13-4-6-16-14(19-13)12(2)22/h3-6,12,22H,7-10H2,1-2H3/t12-/m1/s1. The molecule has 0 spiro atoms. The van der Waals surface area contributed by atoms with Gasteiger partial charge in [-0.1, -0.05) is 0 Å². The number of anilines is 2. The van der Waals surface area contributed by atoms with Gasteiger partial charge in [-0.15, -0.1) is 0 Å². The van der Waals surface area contributed by atoms with Crippen LogP contribution in [0.15, 0.2) is 24.5 Å². The lowest BCUT2D eigenvalue weighted by molar-refractivity contribution is 0.189. The number of nitrogens with zero attached hydrogens (tertiary/aromatic N) is 6. The van der Waals surface area contributed by atoms with E-state index in [0.717, 1.165) is 43.6 Å². The average molecular weight is 300 g/mol. The molecule has 2 aromatic rings. The van der Waals surface area contributed by atoms with E-state index in [0.29, 0.717) is 5.82 Å². The molecule has 1 aliphatic heterocycles. The maximum atomic E-state index is 9.59. The van der Waals surface area contributed by atoms with E-state index in [1.807, 2.05) is 19.1 Å². The van der Waals surface area contributed by atoms with Crippen molar-refractivity contribution in [3.05, 3.63) is 36.0 Å². The molecule has 116 valence electrons. The first-order valence-corrected chi connectivity index (χ1v) is 7.44. The number of aromatic nitrogens is 4. The van der Waals surface area contributed by atoms with E-state index < -0.39 is 6.10 Å². The molecule has 2 aromatic heterocycles. The minimum Gasteiger partial charge on any atom is -0.385 e. The molecule has 0 amide bonds. The molecule has 0 bridgehead atoms. The van der Waals surface area contributed by atoms with Crippen LogP contribution in [0.25, 0.3) is 0 Å². The normalized spacial score (nSPS) is 16.7. The van der Waals surface area contributed by atoms with Gasteiger partial charge in [0.25, 0.3) is 0 Å². The first kappa shape index (κ1) is 14.6. The van der Waals surface area contributed by atoms with Gasteiger partial charge in [-0.25, -0.2) is 19.9 Å². The largest absolute Gasteiger partial charge is 0.385 e. The van der Waals surface area contributed by atoms with Crippen LogP contribution in [0, 0.1) is 6.92 Å². The molecule has 22 heavy (non-hydrogen) atoms. The first-order chi connectivity index (χ1) is 10.6. The van der Waals surface area contributed by atoms with Crippen LogP contribution in [-0.2, 0) is 0 Å². The van der Waals surface area contributed by atoms with E-state index in [1.165, 1.54) is 0 Å². The number of aryl methyl sites for hydroxylation is 1. The van der Waals surface area contributed by atoms with Gasteiger partial charge in [-0.2, -0.15) is 0 Å². The van der Waals surface area contributed by atoms with Crippen molar-refractivity contribution in [3.63, 3.8) is 0 Å². The Hall–Kier alpha value is -2.28. The molecule has 0 aromatic carbocycles. The zero-order valence-electron chi connectivity index (χ0n) is 12.8. The van der Waals surface area contributed by atoms with Crippen molar-refractivity contribution in [2.75, 3.05) is 36.0 Å². The van der Waals surface area contributed by atoms with Gasteiger partial charge in [-0.05, 0) is 26.0 Å². The summed E-state index contributed by atoms with van der Waals surface area (Å²) in [7, 11) is 0. The molecule has 1 N–H and O–H groups in total. The van der Waals surface area contributed by atoms with Crippen molar-refractivity contribution >= 4 is 11.8 Å². The number of aliphatic hydroxyl groups is 1. The Labute approximate surface area is 129 Å². The van der Waals surface area contributed by atoms with Crippen LogP contribution >= 0.6 is 0 Å². The topological polar surface area (TPSA) is 78.3 Å². The van der Waals surface area contributed by atoms with Gasteiger partial charge in [-0.3, -0.25) is 0 Å². The second-order valence-electron chi connectivity index (χ2n) is 5.42. The Bertz CT molecular complexity index is 639. The van der Waals surface area contributed by atoms with Crippen molar-refractivity contribution in [2.24, 2.45) is 0 Å². The van der Waals surface area contributed by atoms with Crippen LogP contribution in [0.1, 0.15) is 24.5 Å². The van der Waals surface area contributed by atoms with E-state index in [2.05, 4.69) is 29.7 Å². The highest BCUT2D eigenvalue weighted by Gasteiger charge is 2.20. The smallest absolute Gasteiger partial charge is 0.225 e. The summed E-state index contributed by atoms with van der Waals surface area (Å²) in [6.45, 7) is 7.02. The number of hydrogen-bond donors (Lipinski definition) is 1. The van der Waals surface area contributed by atoms with Crippen LogP contribution in [0.5, 0.6) is 0 Å².